The van der Waals surface area contributed by atoms with Gasteiger partial charge in [0.05, 0.1) is 22.8 Å². The van der Waals surface area contributed by atoms with Crippen LogP contribution in [-0.2, 0) is 4.74 Å². The normalized spacial score (nSPS) is 16.1. The maximum absolute atomic E-state index is 13.6. The summed E-state index contributed by atoms with van der Waals surface area (Å²) in [7, 11) is 0. The van der Waals surface area contributed by atoms with Gasteiger partial charge in [0, 0.05) is 37.3 Å². The molecular formula is C27H28Cl2N2O3. The van der Waals surface area contributed by atoms with Crippen LogP contribution < -0.4 is 0 Å². The molecule has 3 aromatic carbocycles. The monoisotopic (exact) mass is 498 g/mol. The number of amides is 2. The molecule has 2 amide bonds. The smallest absolute Gasteiger partial charge is 0.254 e. The lowest BCUT2D eigenvalue weighted by Gasteiger charge is -2.36. The minimum Gasteiger partial charge on any atom is -0.373 e. The summed E-state index contributed by atoms with van der Waals surface area (Å²) < 4.78 is 5.99. The van der Waals surface area contributed by atoms with Crippen molar-refractivity contribution >= 4 is 45.8 Å². The van der Waals surface area contributed by atoms with Gasteiger partial charge < -0.3 is 14.5 Å². The number of carbonyl (C=O) groups excluding carboxylic acids is 2. The van der Waals surface area contributed by atoms with Crippen LogP contribution in [0, 0.1) is 5.92 Å². The third-order valence-electron chi connectivity index (χ3n) is 5.91. The fourth-order valence-corrected chi connectivity index (χ4v) is 4.63. The standard InChI is InChI=1S/C27H28Cl2N2O3/c1-18(2)15-31(27(33)23-9-5-7-19-6-3-4-8-22(19)23)17-21-16-30(12-13-34-21)26(32)20-10-11-24(28)25(29)14-20/h3-11,14,18,21H,12-13,15-17H2,1-2H3. The third kappa shape index (κ3) is 5.54. The maximum atomic E-state index is 13.6. The topological polar surface area (TPSA) is 49.9 Å². The van der Waals surface area contributed by atoms with Crippen molar-refractivity contribution in [2.75, 3.05) is 32.8 Å². The number of morpholine rings is 1. The molecule has 3 aromatic rings. The van der Waals surface area contributed by atoms with Gasteiger partial charge in [0.1, 0.15) is 0 Å². The Morgan fingerprint density at radius 1 is 1.06 bits per heavy atom. The molecule has 1 aliphatic heterocycles. The van der Waals surface area contributed by atoms with Crippen LogP contribution in [0.15, 0.2) is 60.7 Å². The van der Waals surface area contributed by atoms with Crippen molar-refractivity contribution in [3.8, 4) is 0 Å². The number of nitrogens with zero attached hydrogens (tertiary/aromatic N) is 2. The summed E-state index contributed by atoms with van der Waals surface area (Å²) in [6.45, 7) is 6.48. The van der Waals surface area contributed by atoms with Crippen molar-refractivity contribution < 1.29 is 14.3 Å². The van der Waals surface area contributed by atoms with Crippen LogP contribution in [0.4, 0.5) is 0 Å². The van der Waals surface area contributed by atoms with E-state index in [1.807, 2.05) is 47.4 Å². The van der Waals surface area contributed by atoms with Crippen molar-refractivity contribution in [2.45, 2.75) is 20.0 Å². The first-order chi connectivity index (χ1) is 16.3. The van der Waals surface area contributed by atoms with Gasteiger partial charge in [-0.05, 0) is 41.0 Å². The van der Waals surface area contributed by atoms with Crippen LogP contribution in [0.3, 0.4) is 0 Å². The summed E-state index contributed by atoms with van der Waals surface area (Å²) in [5.74, 6) is 0.140. The van der Waals surface area contributed by atoms with E-state index in [4.69, 9.17) is 27.9 Å². The van der Waals surface area contributed by atoms with E-state index in [1.54, 1.807) is 23.1 Å². The largest absolute Gasteiger partial charge is 0.373 e. The summed E-state index contributed by atoms with van der Waals surface area (Å²) in [6.07, 6.45) is -0.279. The average molecular weight is 499 g/mol. The molecule has 1 unspecified atom stereocenters. The van der Waals surface area contributed by atoms with Crippen LogP contribution in [0.5, 0.6) is 0 Å². The molecule has 0 bridgehead atoms. The van der Waals surface area contributed by atoms with Gasteiger partial charge in [-0.15, -0.1) is 0 Å². The second-order valence-electron chi connectivity index (χ2n) is 9.00. The minimum atomic E-state index is -0.279. The van der Waals surface area contributed by atoms with E-state index >= 15 is 0 Å². The Kier molecular flexibility index (Phi) is 7.77. The van der Waals surface area contributed by atoms with E-state index in [2.05, 4.69) is 13.8 Å². The highest BCUT2D eigenvalue weighted by Crippen LogP contribution is 2.24. The highest BCUT2D eigenvalue weighted by Gasteiger charge is 2.29. The van der Waals surface area contributed by atoms with Gasteiger partial charge in [-0.1, -0.05) is 73.4 Å². The first kappa shape index (κ1) is 24.5. The number of hydrogen-bond donors (Lipinski definition) is 0. The van der Waals surface area contributed by atoms with E-state index in [0.717, 1.165) is 10.8 Å². The molecular weight excluding hydrogens is 471 g/mol. The molecule has 1 atom stereocenters. The van der Waals surface area contributed by atoms with Gasteiger partial charge in [0.25, 0.3) is 11.8 Å². The molecule has 4 rings (SSSR count). The highest BCUT2D eigenvalue weighted by atomic mass is 35.5. The zero-order chi connectivity index (χ0) is 24.2. The zero-order valence-corrected chi connectivity index (χ0v) is 20.9. The van der Waals surface area contributed by atoms with E-state index in [9.17, 15) is 9.59 Å². The molecule has 1 fully saturated rings. The first-order valence-corrected chi connectivity index (χ1v) is 12.2. The second kappa shape index (κ2) is 10.8. The Balaban J connectivity index is 1.52. The predicted molar refractivity (Wildman–Crippen MR) is 137 cm³/mol. The molecule has 34 heavy (non-hydrogen) atoms. The molecule has 0 aromatic heterocycles. The summed E-state index contributed by atoms with van der Waals surface area (Å²) in [4.78, 5) is 30.3. The number of carbonyl (C=O) groups is 2. The second-order valence-corrected chi connectivity index (χ2v) is 9.82. The molecule has 178 valence electrons. The molecule has 0 N–H and O–H groups in total. The Morgan fingerprint density at radius 3 is 2.59 bits per heavy atom. The number of ether oxygens (including phenoxy) is 1. The SMILES string of the molecule is CC(C)CN(CC1CN(C(=O)c2ccc(Cl)c(Cl)c2)CCO1)C(=O)c1cccc2ccccc12. The maximum Gasteiger partial charge on any atom is 0.254 e. The molecule has 1 aliphatic rings. The van der Waals surface area contributed by atoms with Crippen LogP contribution in [-0.4, -0.2) is 60.5 Å². The van der Waals surface area contributed by atoms with Gasteiger partial charge in [0.2, 0.25) is 0 Å². The third-order valence-corrected chi connectivity index (χ3v) is 6.65. The fraction of sp³-hybridized carbons (Fsp3) is 0.333. The lowest BCUT2D eigenvalue weighted by Crippen LogP contribution is -2.51. The van der Waals surface area contributed by atoms with E-state index in [1.165, 1.54) is 0 Å². The van der Waals surface area contributed by atoms with Gasteiger partial charge in [-0.25, -0.2) is 0 Å². The van der Waals surface area contributed by atoms with Crippen molar-refractivity contribution in [2.24, 2.45) is 5.92 Å². The van der Waals surface area contributed by atoms with E-state index in [0.29, 0.717) is 54.0 Å². The van der Waals surface area contributed by atoms with Crippen molar-refractivity contribution in [1.29, 1.82) is 0 Å². The van der Waals surface area contributed by atoms with Gasteiger partial charge in [0.15, 0.2) is 0 Å². The molecule has 1 saturated heterocycles. The number of benzene rings is 3. The molecule has 1 heterocycles. The Morgan fingerprint density at radius 2 is 1.82 bits per heavy atom. The predicted octanol–water partition coefficient (Wildman–Crippen LogP) is 5.79. The fourth-order valence-electron chi connectivity index (χ4n) is 4.34. The quantitative estimate of drug-likeness (QED) is 0.432. The summed E-state index contributed by atoms with van der Waals surface area (Å²) in [5.41, 5.74) is 1.17. The summed E-state index contributed by atoms with van der Waals surface area (Å²) >= 11 is 12.1. The van der Waals surface area contributed by atoms with Crippen molar-refractivity contribution in [3.63, 3.8) is 0 Å². The van der Waals surface area contributed by atoms with Crippen molar-refractivity contribution in [3.05, 3.63) is 81.8 Å². The number of hydrogen-bond acceptors (Lipinski definition) is 3. The number of halogens is 2. The lowest BCUT2D eigenvalue weighted by molar-refractivity contribution is -0.0339. The molecule has 0 spiro atoms. The summed E-state index contributed by atoms with van der Waals surface area (Å²) in [6, 6.07) is 18.6. The minimum absolute atomic E-state index is 0.0259. The molecule has 0 saturated carbocycles. The summed E-state index contributed by atoms with van der Waals surface area (Å²) in [5, 5.41) is 2.73. The molecule has 7 heteroatoms. The zero-order valence-electron chi connectivity index (χ0n) is 19.3. The van der Waals surface area contributed by atoms with Crippen LogP contribution in [0.1, 0.15) is 34.6 Å². The Hall–Kier alpha value is -2.60. The van der Waals surface area contributed by atoms with Crippen LogP contribution in [0.25, 0.3) is 10.8 Å². The first-order valence-electron chi connectivity index (χ1n) is 11.5. The van der Waals surface area contributed by atoms with E-state index < -0.39 is 0 Å². The Labute approximate surface area is 210 Å². The van der Waals surface area contributed by atoms with Gasteiger partial charge >= 0.3 is 0 Å². The lowest BCUT2D eigenvalue weighted by atomic mass is 10.0. The average Bonchev–Trinajstić information content (AvgIpc) is 2.84. The molecule has 0 aliphatic carbocycles. The van der Waals surface area contributed by atoms with Crippen LogP contribution >= 0.6 is 23.2 Å². The number of rotatable bonds is 6. The van der Waals surface area contributed by atoms with Crippen molar-refractivity contribution in [1.82, 2.24) is 9.80 Å². The van der Waals surface area contributed by atoms with Gasteiger partial charge in [-0.2, -0.15) is 0 Å². The van der Waals surface area contributed by atoms with E-state index in [-0.39, 0.29) is 23.8 Å². The van der Waals surface area contributed by atoms with Gasteiger partial charge in [-0.3, -0.25) is 9.59 Å². The Bertz CT molecular complexity index is 1190. The molecule has 5 nitrogen and oxygen atoms in total. The van der Waals surface area contributed by atoms with Crippen LogP contribution in [0.2, 0.25) is 10.0 Å². The molecule has 0 radical (unpaired) electrons. The number of fused-ring (bicyclic) bond motifs is 1. The highest BCUT2D eigenvalue weighted by molar-refractivity contribution is 6.42.